The smallest absolute Gasteiger partial charge is 0.251 e. The quantitative estimate of drug-likeness (QED) is 0.337. The van der Waals surface area contributed by atoms with Gasteiger partial charge in [0, 0.05) is 23.6 Å². The predicted molar refractivity (Wildman–Crippen MR) is 78.3 cm³/mol. The van der Waals surface area contributed by atoms with E-state index < -0.39 is 0 Å². The number of amidine groups is 1. The highest BCUT2D eigenvalue weighted by Gasteiger charge is 2.11. The van der Waals surface area contributed by atoms with Crippen molar-refractivity contribution in [2.75, 3.05) is 0 Å². The van der Waals surface area contributed by atoms with Gasteiger partial charge in [0.15, 0.2) is 5.84 Å². The van der Waals surface area contributed by atoms with Crippen molar-refractivity contribution >= 4 is 11.7 Å². The number of amides is 1. The monoisotopic (exact) mass is 287 g/mol. The molecule has 0 radical (unpaired) electrons. The summed E-state index contributed by atoms with van der Waals surface area (Å²) in [6.07, 6.45) is 2.23. The molecule has 0 fully saturated rings. The number of carbonyl (C=O) groups excluding carboxylic acids is 1. The van der Waals surface area contributed by atoms with Gasteiger partial charge < -0.3 is 20.7 Å². The Morgan fingerprint density at radius 3 is 2.57 bits per heavy atom. The number of furan rings is 1. The molecule has 6 heteroatoms. The lowest BCUT2D eigenvalue weighted by atomic mass is 10.1. The molecule has 0 bridgehead atoms. The summed E-state index contributed by atoms with van der Waals surface area (Å²) in [6.45, 7) is 1.91. The van der Waals surface area contributed by atoms with Crippen LogP contribution in [0.4, 0.5) is 0 Å². The molecule has 21 heavy (non-hydrogen) atoms. The van der Waals surface area contributed by atoms with Crippen LogP contribution < -0.4 is 11.1 Å². The number of carbonyl (C=O) groups is 1. The number of rotatable bonds is 5. The van der Waals surface area contributed by atoms with Gasteiger partial charge in [0.25, 0.3) is 5.91 Å². The van der Waals surface area contributed by atoms with Crippen LogP contribution in [0, 0.1) is 0 Å². The third-order valence-electron chi connectivity index (χ3n) is 3.02. The molecule has 4 N–H and O–H groups in total. The molecule has 0 aliphatic rings. The molecule has 1 heterocycles. The highest BCUT2D eigenvalue weighted by Crippen LogP contribution is 2.07. The summed E-state index contributed by atoms with van der Waals surface area (Å²) in [4.78, 5) is 12.1. The zero-order valence-corrected chi connectivity index (χ0v) is 11.6. The van der Waals surface area contributed by atoms with Crippen LogP contribution in [0.25, 0.3) is 0 Å². The van der Waals surface area contributed by atoms with E-state index in [0.29, 0.717) is 17.5 Å². The van der Waals surface area contributed by atoms with Crippen LogP contribution in [-0.4, -0.2) is 23.0 Å². The molecule has 2 rings (SSSR count). The predicted octanol–water partition coefficient (Wildman–Crippen LogP) is 1.74. The molecule has 2 aromatic rings. The van der Waals surface area contributed by atoms with Crippen LogP contribution in [0.2, 0.25) is 0 Å². The number of nitrogens with zero attached hydrogens (tertiary/aromatic N) is 1. The largest absolute Gasteiger partial charge is 0.469 e. The molecular formula is C15H17N3O3. The summed E-state index contributed by atoms with van der Waals surface area (Å²) in [5.41, 5.74) is 6.53. The summed E-state index contributed by atoms with van der Waals surface area (Å²) < 4.78 is 5.24. The Labute approximate surface area is 122 Å². The fourth-order valence-corrected chi connectivity index (χ4v) is 1.94. The van der Waals surface area contributed by atoms with E-state index in [1.54, 1.807) is 30.5 Å². The minimum absolute atomic E-state index is 0.00754. The Morgan fingerprint density at radius 1 is 1.33 bits per heavy atom. The average molecular weight is 287 g/mol. The first-order valence-electron chi connectivity index (χ1n) is 6.51. The second-order valence-electron chi connectivity index (χ2n) is 4.72. The van der Waals surface area contributed by atoms with E-state index in [1.807, 2.05) is 19.1 Å². The minimum atomic E-state index is -0.180. The lowest BCUT2D eigenvalue weighted by molar-refractivity contribution is 0.0939. The molecule has 0 aliphatic carbocycles. The molecule has 0 spiro atoms. The van der Waals surface area contributed by atoms with Crippen molar-refractivity contribution in [3.8, 4) is 0 Å². The van der Waals surface area contributed by atoms with E-state index in [0.717, 1.165) is 5.76 Å². The van der Waals surface area contributed by atoms with Crippen molar-refractivity contribution in [3.63, 3.8) is 0 Å². The Kier molecular flexibility index (Phi) is 4.61. The third kappa shape index (κ3) is 3.85. The lowest BCUT2D eigenvalue weighted by Gasteiger charge is -2.12. The highest BCUT2D eigenvalue weighted by atomic mass is 16.4. The second-order valence-corrected chi connectivity index (χ2v) is 4.72. The van der Waals surface area contributed by atoms with E-state index >= 15 is 0 Å². The maximum atomic E-state index is 12.1. The Bertz CT molecular complexity index is 618. The molecule has 1 atom stereocenters. The lowest BCUT2D eigenvalue weighted by Crippen LogP contribution is -2.34. The summed E-state index contributed by atoms with van der Waals surface area (Å²) >= 11 is 0. The molecular weight excluding hydrogens is 270 g/mol. The molecule has 1 unspecified atom stereocenters. The standard InChI is InChI=1S/C15H17N3O3/c1-10(9-13-3-2-8-21-13)17-15(19)12-6-4-11(5-7-12)14(16)18-20/h2-8,10,20H,9H2,1H3,(H2,16,18)(H,17,19). The van der Waals surface area contributed by atoms with Crippen molar-refractivity contribution in [2.24, 2.45) is 10.9 Å². The van der Waals surface area contributed by atoms with Gasteiger partial charge in [0.2, 0.25) is 0 Å². The van der Waals surface area contributed by atoms with Gasteiger partial charge in [0.1, 0.15) is 5.76 Å². The number of benzene rings is 1. The van der Waals surface area contributed by atoms with Crippen molar-refractivity contribution in [1.29, 1.82) is 0 Å². The zero-order valence-electron chi connectivity index (χ0n) is 11.6. The number of nitrogens with two attached hydrogens (primary N) is 1. The van der Waals surface area contributed by atoms with Crippen LogP contribution >= 0.6 is 0 Å². The molecule has 1 aromatic heterocycles. The fourth-order valence-electron chi connectivity index (χ4n) is 1.94. The minimum Gasteiger partial charge on any atom is -0.469 e. The number of hydrogen-bond acceptors (Lipinski definition) is 4. The van der Waals surface area contributed by atoms with Crippen molar-refractivity contribution in [2.45, 2.75) is 19.4 Å². The molecule has 0 aliphatic heterocycles. The third-order valence-corrected chi connectivity index (χ3v) is 3.02. The van der Waals surface area contributed by atoms with Crippen molar-refractivity contribution in [3.05, 3.63) is 59.5 Å². The van der Waals surface area contributed by atoms with Gasteiger partial charge in [-0.2, -0.15) is 0 Å². The van der Waals surface area contributed by atoms with Crippen LogP contribution in [-0.2, 0) is 6.42 Å². The first-order valence-corrected chi connectivity index (χ1v) is 6.51. The molecule has 1 aromatic carbocycles. The van der Waals surface area contributed by atoms with E-state index in [4.69, 9.17) is 15.4 Å². The molecule has 6 nitrogen and oxygen atoms in total. The summed E-state index contributed by atoms with van der Waals surface area (Å²) in [7, 11) is 0. The molecule has 1 amide bonds. The second kappa shape index (κ2) is 6.60. The van der Waals surface area contributed by atoms with Gasteiger partial charge in [-0.3, -0.25) is 4.79 Å². The molecule has 0 saturated carbocycles. The summed E-state index contributed by atoms with van der Waals surface area (Å²) in [6, 6.07) is 10.1. The highest BCUT2D eigenvalue weighted by molar-refractivity contribution is 5.99. The number of hydrogen-bond donors (Lipinski definition) is 3. The summed E-state index contributed by atoms with van der Waals surface area (Å²) in [5, 5.41) is 14.4. The Balaban J connectivity index is 1.96. The normalized spacial score (nSPS) is 12.9. The summed E-state index contributed by atoms with van der Waals surface area (Å²) in [5.74, 6) is 0.651. The van der Waals surface area contributed by atoms with E-state index in [9.17, 15) is 4.79 Å². The van der Waals surface area contributed by atoms with Gasteiger partial charge in [-0.25, -0.2) is 0 Å². The van der Waals surface area contributed by atoms with Gasteiger partial charge in [-0.1, -0.05) is 17.3 Å². The van der Waals surface area contributed by atoms with Crippen LogP contribution in [0.3, 0.4) is 0 Å². The van der Waals surface area contributed by atoms with Gasteiger partial charge >= 0.3 is 0 Å². The SMILES string of the molecule is CC(Cc1ccco1)NC(=O)c1ccc(C(N)=NO)cc1. The van der Waals surface area contributed by atoms with Crippen molar-refractivity contribution < 1.29 is 14.4 Å². The maximum absolute atomic E-state index is 12.1. The van der Waals surface area contributed by atoms with Gasteiger partial charge in [-0.05, 0) is 31.2 Å². The fraction of sp³-hybridized carbons (Fsp3) is 0.200. The zero-order chi connectivity index (χ0) is 15.2. The van der Waals surface area contributed by atoms with Crippen LogP contribution in [0.15, 0.2) is 52.2 Å². The first-order chi connectivity index (χ1) is 10.1. The van der Waals surface area contributed by atoms with Crippen LogP contribution in [0.5, 0.6) is 0 Å². The number of oxime groups is 1. The van der Waals surface area contributed by atoms with E-state index in [1.165, 1.54) is 0 Å². The van der Waals surface area contributed by atoms with Gasteiger partial charge in [-0.15, -0.1) is 0 Å². The topological polar surface area (TPSA) is 101 Å². The van der Waals surface area contributed by atoms with Gasteiger partial charge in [0.05, 0.1) is 6.26 Å². The average Bonchev–Trinajstić information content (AvgIpc) is 2.99. The Morgan fingerprint density at radius 2 is 2.00 bits per heavy atom. The van der Waals surface area contributed by atoms with Crippen molar-refractivity contribution in [1.82, 2.24) is 5.32 Å². The molecule has 0 saturated heterocycles. The number of nitrogens with one attached hydrogen (secondary N) is 1. The first kappa shape index (κ1) is 14.6. The van der Waals surface area contributed by atoms with E-state index in [2.05, 4.69) is 10.5 Å². The maximum Gasteiger partial charge on any atom is 0.251 e. The Hall–Kier alpha value is -2.76. The van der Waals surface area contributed by atoms with Crippen LogP contribution in [0.1, 0.15) is 28.6 Å². The molecule has 110 valence electrons. The van der Waals surface area contributed by atoms with E-state index in [-0.39, 0.29) is 17.8 Å².